The minimum Gasteiger partial charge on any atom is -0.378 e. The highest BCUT2D eigenvalue weighted by atomic mass is 32.1. The highest BCUT2D eigenvalue weighted by Crippen LogP contribution is 2.81. The van der Waals surface area contributed by atoms with Gasteiger partial charge in [-0.1, -0.05) is 98.5 Å². The van der Waals surface area contributed by atoms with Crippen molar-refractivity contribution in [1.82, 2.24) is 4.90 Å². The molecule has 0 aromatic carbocycles. The van der Waals surface area contributed by atoms with Gasteiger partial charge in [-0.2, -0.15) is 0 Å². The molecule has 0 spiro atoms. The van der Waals surface area contributed by atoms with Gasteiger partial charge in [0, 0.05) is 26.1 Å². The average molecular weight is 600 g/mol. The van der Waals surface area contributed by atoms with E-state index in [2.05, 4.69) is 66.4 Å². The number of ether oxygens (including phenoxy) is 2. The molecule has 0 N–H and O–H groups in total. The Morgan fingerprint density at radius 3 is 2.38 bits per heavy atom. The number of morpholine rings is 1. The second kappa shape index (κ2) is 12.4. The summed E-state index contributed by atoms with van der Waals surface area (Å²) in [6.07, 6.45) is 19.9. The van der Waals surface area contributed by atoms with Crippen LogP contribution in [0.1, 0.15) is 139 Å². The second-order valence-corrected chi connectivity index (χ2v) is 17.4. The van der Waals surface area contributed by atoms with Crippen molar-refractivity contribution < 1.29 is 9.47 Å². The summed E-state index contributed by atoms with van der Waals surface area (Å²) in [5.74, 6) is 2.57. The Morgan fingerprint density at radius 2 is 1.67 bits per heavy atom. The zero-order valence-electron chi connectivity index (χ0n) is 28.8. The highest BCUT2D eigenvalue weighted by molar-refractivity contribution is 7.80. The summed E-state index contributed by atoms with van der Waals surface area (Å²) in [4.78, 5) is 3.42. The molecule has 4 heteroatoms. The number of fused-ring (bicyclic) bond motifs is 5. The molecule has 5 rings (SSSR count). The molecule has 0 bridgehead atoms. The number of hydrogen-bond donors (Lipinski definition) is 0. The van der Waals surface area contributed by atoms with Crippen molar-refractivity contribution in [1.29, 1.82) is 0 Å². The molecule has 0 amide bonds. The van der Waals surface area contributed by atoms with Crippen molar-refractivity contribution in [3.8, 4) is 0 Å². The van der Waals surface area contributed by atoms with Crippen LogP contribution in [0.25, 0.3) is 0 Å². The lowest BCUT2D eigenvalue weighted by atomic mass is 9.31. The Balaban J connectivity index is 1.24. The van der Waals surface area contributed by atoms with Crippen LogP contribution in [0.5, 0.6) is 0 Å². The van der Waals surface area contributed by atoms with E-state index in [1.807, 2.05) is 0 Å². The Bertz CT molecular complexity index is 1000. The van der Waals surface area contributed by atoms with E-state index in [4.69, 9.17) is 21.7 Å². The first kappa shape index (κ1) is 32.9. The van der Waals surface area contributed by atoms with E-state index in [-0.39, 0.29) is 0 Å². The van der Waals surface area contributed by atoms with Gasteiger partial charge >= 0.3 is 0 Å². The van der Waals surface area contributed by atoms with Gasteiger partial charge in [-0.15, -0.1) is 0 Å². The Morgan fingerprint density at radius 1 is 0.929 bits per heavy atom. The quantitative estimate of drug-likeness (QED) is 0.141. The fraction of sp³-hybridized carbons (Fsp3) is 0.921. The number of thiocarbonyl (C=S) groups is 1. The van der Waals surface area contributed by atoms with Crippen molar-refractivity contribution in [2.45, 2.75) is 145 Å². The molecule has 0 aromatic heterocycles. The van der Waals surface area contributed by atoms with E-state index in [0.29, 0.717) is 33.2 Å². The third-order valence-electron chi connectivity index (χ3n) is 15.1. The zero-order chi connectivity index (χ0) is 30.4. The summed E-state index contributed by atoms with van der Waals surface area (Å²) in [6, 6.07) is 0. The van der Waals surface area contributed by atoms with Gasteiger partial charge in [-0.3, -0.25) is 0 Å². The Kier molecular flexibility index (Phi) is 9.71. The first-order valence-corrected chi connectivity index (χ1v) is 18.4. The maximum atomic E-state index is 6.56. The molecule has 3 nitrogen and oxygen atoms in total. The predicted molar refractivity (Wildman–Crippen MR) is 181 cm³/mol. The van der Waals surface area contributed by atoms with Crippen LogP contribution in [0.4, 0.5) is 0 Å². The third kappa shape index (κ3) is 5.28. The number of allylic oxidation sites excluding steroid dienone is 1. The van der Waals surface area contributed by atoms with Crippen LogP contribution in [0.3, 0.4) is 0 Å². The summed E-state index contributed by atoms with van der Waals surface area (Å²) in [5.41, 5.74) is 3.59. The van der Waals surface area contributed by atoms with Crippen molar-refractivity contribution in [3.05, 3.63) is 11.6 Å². The average Bonchev–Trinajstić information content (AvgIpc) is 3.25. The number of nitrogens with zero attached hydrogens (tertiary/aromatic N) is 1. The molecule has 1 saturated heterocycles. The van der Waals surface area contributed by atoms with Crippen LogP contribution in [0.15, 0.2) is 11.6 Å². The van der Waals surface area contributed by atoms with E-state index in [1.165, 1.54) is 64.2 Å². The molecule has 240 valence electrons. The maximum absolute atomic E-state index is 6.56. The van der Waals surface area contributed by atoms with Crippen molar-refractivity contribution in [2.24, 2.45) is 44.8 Å². The largest absolute Gasteiger partial charge is 0.378 e. The Labute approximate surface area is 265 Å². The van der Waals surface area contributed by atoms with Crippen molar-refractivity contribution in [2.75, 3.05) is 32.9 Å². The van der Waals surface area contributed by atoms with Crippen LogP contribution in [0.2, 0.25) is 0 Å². The van der Waals surface area contributed by atoms with Crippen molar-refractivity contribution in [3.63, 3.8) is 0 Å². The van der Waals surface area contributed by atoms with E-state index in [0.717, 1.165) is 74.9 Å². The summed E-state index contributed by atoms with van der Waals surface area (Å²) < 4.78 is 12.0. The van der Waals surface area contributed by atoms with Gasteiger partial charge < -0.3 is 14.4 Å². The molecule has 4 aliphatic carbocycles. The molecule has 0 aromatic rings. The topological polar surface area (TPSA) is 21.7 Å². The van der Waals surface area contributed by atoms with E-state index < -0.39 is 0 Å². The normalized spacial score (nSPS) is 42.5. The van der Waals surface area contributed by atoms with Crippen LogP contribution >= 0.6 is 12.2 Å². The smallest absolute Gasteiger partial charge is 0.0781 e. The lowest BCUT2D eigenvalue weighted by Crippen LogP contribution is -2.66. The van der Waals surface area contributed by atoms with Gasteiger partial charge in [-0.05, 0) is 103 Å². The molecule has 3 saturated carbocycles. The van der Waals surface area contributed by atoms with Crippen LogP contribution in [-0.2, 0) is 9.47 Å². The van der Waals surface area contributed by atoms with Gasteiger partial charge in [0.05, 0.1) is 24.3 Å². The van der Waals surface area contributed by atoms with Gasteiger partial charge in [-0.25, -0.2) is 0 Å². The van der Waals surface area contributed by atoms with E-state index >= 15 is 0 Å². The lowest BCUT2D eigenvalue weighted by Gasteiger charge is -2.73. The number of rotatable bonds is 10. The molecule has 0 unspecified atom stereocenters. The molecule has 1 aliphatic heterocycles. The maximum Gasteiger partial charge on any atom is 0.0781 e. The second-order valence-electron chi connectivity index (χ2n) is 17.0. The van der Waals surface area contributed by atoms with Crippen LogP contribution < -0.4 is 0 Å². The third-order valence-corrected chi connectivity index (χ3v) is 15.6. The fourth-order valence-electron chi connectivity index (χ4n) is 11.6. The minimum atomic E-state index is 0.295. The SMILES string of the molecule is CC(C)CCC[C@@H](C)[C@@H]1CC[C@@]2(C)[C@]3(C)CC=C4C[C@H](OCCCC(=S)N5CCOCC5)CC[C@]4(C)[C@@]3(C)CC[C@]12C. The fourth-order valence-corrected chi connectivity index (χ4v) is 11.9. The van der Waals surface area contributed by atoms with Gasteiger partial charge in [0.15, 0.2) is 0 Å². The van der Waals surface area contributed by atoms with E-state index in [9.17, 15) is 0 Å². The first-order chi connectivity index (χ1) is 19.8. The zero-order valence-corrected chi connectivity index (χ0v) is 29.6. The molecule has 42 heavy (non-hydrogen) atoms. The summed E-state index contributed by atoms with van der Waals surface area (Å²) in [7, 11) is 0. The molecule has 4 fully saturated rings. The van der Waals surface area contributed by atoms with Crippen molar-refractivity contribution >= 4 is 17.2 Å². The molecule has 1 heterocycles. The molecular weight excluding hydrogens is 534 g/mol. The monoisotopic (exact) mass is 599 g/mol. The molecule has 5 aliphatic rings. The minimum absolute atomic E-state index is 0.295. The predicted octanol–water partition coefficient (Wildman–Crippen LogP) is 10.0. The van der Waals surface area contributed by atoms with Gasteiger partial charge in [0.25, 0.3) is 0 Å². The van der Waals surface area contributed by atoms with Crippen LogP contribution in [-0.4, -0.2) is 48.9 Å². The van der Waals surface area contributed by atoms with Gasteiger partial charge in [0.1, 0.15) is 0 Å². The molecule has 0 radical (unpaired) electrons. The molecular formula is C38H65NO2S. The summed E-state index contributed by atoms with van der Waals surface area (Å²) in [5, 5.41) is 0. The van der Waals surface area contributed by atoms with Crippen LogP contribution in [0, 0.1) is 44.8 Å². The molecule has 8 atom stereocenters. The first-order valence-electron chi connectivity index (χ1n) is 18.0. The summed E-state index contributed by atoms with van der Waals surface area (Å²) in [6.45, 7) is 25.4. The number of hydrogen-bond acceptors (Lipinski definition) is 3. The standard InChI is InChI=1S/C38H65NO2S/c1-28(2)11-9-12-29(3)32-16-19-36(6)35(32,5)20-21-37(7)34(4)17-15-31(27-30(34)14-18-38(36,37)8)41-24-10-13-33(42)39-22-25-40-26-23-39/h14,28-29,31-32H,9-13,15-27H2,1-8H3/t29-,31-,32+,34+,35-,36-,37-,38+/m1/s1. The van der Waals surface area contributed by atoms with Gasteiger partial charge in [0.2, 0.25) is 0 Å². The Hall–Kier alpha value is -0.450. The summed E-state index contributed by atoms with van der Waals surface area (Å²) >= 11 is 5.72. The van der Waals surface area contributed by atoms with E-state index in [1.54, 1.807) is 5.57 Å². The lowest BCUT2D eigenvalue weighted by molar-refractivity contribution is -0.223. The highest BCUT2D eigenvalue weighted by Gasteiger charge is 2.73.